The third-order valence-electron chi connectivity index (χ3n) is 2.96. The first-order valence-electron chi connectivity index (χ1n) is 6.58. The van der Waals surface area contributed by atoms with Crippen molar-refractivity contribution in [3.8, 4) is 0 Å². The Labute approximate surface area is 110 Å². The van der Waals surface area contributed by atoms with Crippen LogP contribution in [0.2, 0.25) is 0 Å². The summed E-state index contributed by atoms with van der Waals surface area (Å²) in [6, 6.07) is 0. The molecule has 0 spiro atoms. The summed E-state index contributed by atoms with van der Waals surface area (Å²) in [6.07, 6.45) is 3.78. The number of ether oxygens (including phenoxy) is 1. The highest BCUT2D eigenvalue weighted by molar-refractivity contribution is 5.68. The van der Waals surface area contributed by atoms with Crippen molar-refractivity contribution >= 4 is 6.09 Å². The lowest BCUT2D eigenvalue weighted by molar-refractivity contribution is 0.0197. The number of carbonyl (C=O) groups excluding carboxylic acids is 1. The summed E-state index contributed by atoms with van der Waals surface area (Å²) in [5.74, 6) is 0.468. The van der Waals surface area contributed by atoms with Crippen molar-refractivity contribution in [2.24, 2.45) is 5.92 Å². The van der Waals surface area contributed by atoms with Gasteiger partial charge in [-0.05, 0) is 46.5 Å². The first kappa shape index (κ1) is 15.0. The molecule has 1 amide bonds. The molecule has 0 unspecified atom stereocenters. The van der Waals surface area contributed by atoms with Gasteiger partial charge in [-0.1, -0.05) is 11.6 Å². The number of hydrogen-bond acceptors (Lipinski definition) is 3. The second-order valence-corrected chi connectivity index (χ2v) is 5.98. The van der Waals surface area contributed by atoms with Crippen molar-refractivity contribution in [1.29, 1.82) is 0 Å². The second-order valence-electron chi connectivity index (χ2n) is 5.98. The van der Waals surface area contributed by atoms with Crippen molar-refractivity contribution in [1.82, 2.24) is 4.90 Å². The van der Waals surface area contributed by atoms with Crippen LogP contribution in [0.3, 0.4) is 0 Å². The van der Waals surface area contributed by atoms with Crippen LogP contribution < -0.4 is 0 Å². The minimum absolute atomic E-state index is 0.117. The number of aliphatic hydroxyl groups excluding tert-OH is 1. The monoisotopic (exact) mass is 255 g/mol. The van der Waals surface area contributed by atoms with Crippen LogP contribution in [0, 0.1) is 5.92 Å². The van der Waals surface area contributed by atoms with Gasteiger partial charge in [0.25, 0.3) is 0 Å². The summed E-state index contributed by atoms with van der Waals surface area (Å²) < 4.78 is 5.35. The van der Waals surface area contributed by atoms with Gasteiger partial charge in [-0.3, -0.25) is 0 Å². The van der Waals surface area contributed by atoms with E-state index >= 15 is 0 Å². The van der Waals surface area contributed by atoms with Crippen molar-refractivity contribution in [3.63, 3.8) is 0 Å². The molecule has 0 saturated carbocycles. The van der Waals surface area contributed by atoms with Crippen molar-refractivity contribution < 1.29 is 14.6 Å². The fraction of sp³-hybridized carbons (Fsp3) is 0.786. The average molecular weight is 255 g/mol. The fourth-order valence-corrected chi connectivity index (χ4v) is 2.03. The molecule has 0 bridgehead atoms. The number of rotatable bonds is 2. The Morgan fingerprint density at radius 1 is 1.39 bits per heavy atom. The van der Waals surface area contributed by atoms with Crippen LogP contribution in [0.4, 0.5) is 4.79 Å². The zero-order chi connectivity index (χ0) is 13.8. The Morgan fingerprint density at radius 2 is 1.94 bits per heavy atom. The standard InChI is InChI=1S/C14H25NO3/c1-11(10-16)9-12-5-7-15(8-6-12)13(17)18-14(2,3)4/h9,12,16H,5-8,10H2,1-4H3/b11-9-. The van der Waals surface area contributed by atoms with Gasteiger partial charge in [0, 0.05) is 13.1 Å². The van der Waals surface area contributed by atoms with Gasteiger partial charge in [0.05, 0.1) is 6.61 Å². The molecular weight excluding hydrogens is 230 g/mol. The number of nitrogens with zero attached hydrogens (tertiary/aromatic N) is 1. The maximum Gasteiger partial charge on any atom is 0.410 e. The van der Waals surface area contributed by atoms with Gasteiger partial charge in [-0.15, -0.1) is 0 Å². The SMILES string of the molecule is C/C(=C/C1CCN(C(=O)OC(C)(C)C)CC1)CO. The Kier molecular flexibility index (Phi) is 5.20. The zero-order valence-electron chi connectivity index (χ0n) is 11.9. The highest BCUT2D eigenvalue weighted by Gasteiger charge is 2.25. The lowest BCUT2D eigenvalue weighted by atomic mass is 9.95. The number of allylic oxidation sites excluding steroid dienone is 1. The molecule has 1 aliphatic rings. The summed E-state index contributed by atoms with van der Waals surface area (Å²) in [6.45, 7) is 9.15. The number of amides is 1. The van der Waals surface area contributed by atoms with Crippen LogP contribution in [0.25, 0.3) is 0 Å². The minimum atomic E-state index is -0.429. The van der Waals surface area contributed by atoms with E-state index in [2.05, 4.69) is 6.08 Å². The molecule has 1 heterocycles. The normalized spacial score (nSPS) is 18.9. The largest absolute Gasteiger partial charge is 0.444 e. The van der Waals surface area contributed by atoms with Crippen molar-refractivity contribution in [2.75, 3.05) is 19.7 Å². The summed E-state index contributed by atoms with van der Waals surface area (Å²) >= 11 is 0. The van der Waals surface area contributed by atoms with Crippen LogP contribution in [0.1, 0.15) is 40.5 Å². The molecule has 1 aliphatic heterocycles. The number of aliphatic hydroxyl groups is 1. The van der Waals surface area contributed by atoms with Crippen LogP contribution in [-0.4, -0.2) is 41.4 Å². The molecule has 0 radical (unpaired) electrons. The van der Waals surface area contributed by atoms with E-state index in [0.717, 1.165) is 31.5 Å². The Balaban J connectivity index is 2.42. The summed E-state index contributed by atoms with van der Waals surface area (Å²) in [4.78, 5) is 13.6. The van der Waals surface area contributed by atoms with Gasteiger partial charge >= 0.3 is 6.09 Å². The van der Waals surface area contributed by atoms with Gasteiger partial charge in [0.2, 0.25) is 0 Å². The predicted molar refractivity (Wildman–Crippen MR) is 71.4 cm³/mol. The quantitative estimate of drug-likeness (QED) is 0.771. The molecule has 0 aromatic heterocycles. The molecule has 1 saturated heterocycles. The molecule has 18 heavy (non-hydrogen) atoms. The number of carbonyl (C=O) groups is 1. The Bertz CT molecular complexity index is 309. The van der Waals surface area contributed by atoms with E-state index in [9.17, 15) is 4.79 Å². The molecule has 4 nitrogen and oxygen atoms in total. The lowest BCUT2D eigenvalue weighted by Gasteiger charge is -2.32. The van der Waals surface area contributed by atoms with E-state index in [1.807, 2.05) is 27.7 Å². The highest BCUT2D eigenvalue weighted by Crippen LogP contribution is 2.21. The van der Waals surface area contributed by atoms with Crippen LogP contribution >= 0.6 is 0 Å². The zero-order valence-corrected chi connectivity index (χ0v) is 11.9. The highest BCUT2D eigenvalue weighted by atomic mass is 16.6. The van der Waals surface area contributed by atoms with E-state index in [1.165, 1.54) is 0 Å². The summed E-state index contributed by atoms with van der Waals surface area (Å²) in [5, 5.41) is 8.98. The number of likely N-dealkylation sites (tertiary alicyclic amines) is 1. The van der Waals surface area contributed by atoms with E-state index < -0.39 is 5.60 Å². The molecule has 1 N–H and O–H groups in total. The Hall–Kier alpha value is -1.03. The average Bonchev–Trinajstić information content (AvgIpc) is 2.27. The van der Waals surface area contributed by atoms with E-state index in [0.29, 0.717) is 5.92 Å². The van der Waals surface area contributed by atoms with Gasteiger partial charge in [-0.2, -0.15) is 0 Å². The molecule has 4 heteroatoms. The molecule has 1 rings (SSSR count). The lowest BCUT2D eigenvalue weighted by Crippen LogP contribution is -2.41. The van der Waals surface area contributed by atoms with Gasteiger partial charge in [0.15, 0.2) is 0 Å². The second kappa shape index (κ2) is 6.23. The number of hydrogen-bond donors (Lipinski definition) is 1. The maximum absolute atomic E-state index is 11.8. The third kappa shape index (κ3) is 5.08. The van der Waals surface area contributed by atoms with E-state index in [-0.39, 0.29) is 12.7 Å². The van der Waals surface area contributed by atoms with Crippen molar-refractivity contribution in [3.05, 3.63) is 11.6 Å². The molecule has 0 aromatic carbocycles. The maximum atomic E-state index is 11.8. The van der Waals surface area contributed by atoms with E-state index in [1.54, 1.807) is 4.90 Å². The summed E-state index contributed by atoms with van der Waals surface area (Å²) in [5.41, 5.74) is 0.576. The molecular formula is C14H25NO3. The third-order valence-corrected chi connectivity index (χ3v) is 2.96. The molecule has 0 aromatic rings. The van der Waals surface area contributed by atoms with Crippen LogP contribution in [0.5, 0.6) is 0 Å². The van der Waals surface area contributed by atoms with Gasteiger partial charge in [-0.25, -0.2) is 4.79 Å². The van der Waals surface area contributed by atoms with Crippen LogP contribution in [-0.2, 0) is 4.74 Å². The van der Waals surface area contributed by atoms with Crippen molar-refractivity contribution in [2.45, 2.75) is 46.1 Å². The van der Waals surface area contributed by atoms with Crippen LogP contribution in [0.15, 0.2) is 11.6 Å². The Morgan fingerprint density at radius 3 is 2.39 bits per heavy atom. The smallest absolute Gasteiger partial charge is 0.410 e. The molecule has 0 aliphatic carbocycles. The molecule has 0 atom stereocenters. The minimum Gasteiger partial charge on any atom is -0.444 e. The fourth-order valence-electron chi connectivity index (χ4n) is 2.03. The first-order chi connectivity index (χ1) is 8.31. The number of piperidine rings is 1. The topological polar surface area (TPSA) is 49.8 Å². The van der Waals surface area contributed by atoms with Gasteiger partial charge in [0.1, 0.15) is 5.60 Å². The first-order valence-corrected chi connectivity index (χ1v) is 6.58. The predicted octanol–water partition coefficient (Wildman–Crippen LogP) is 2.57. The van der Waals surface area contributed by atoms with Gasteiger partial charge < -0.3 is 14.7 Å². The summed E-state index contributed by atoms with van der Waals surface area (Å²) in [7, 11) is 0. The van der Waals surface area contributed by atoms with E-state index in [4.69, 9.17) is 9.84 Å². The molecule has 1 fully saturated rings. The molecule has 104 valence electrons.